The number of aryl methyl sites for hydroxylation is 1. The van der Waals surface area contributed by atoms with Gasteiger partial charge in [-0.2, -0.15) is 5.10 Å². The summed E-state index contributed by atoms with van der Waals surface area (Å²) in [5, 5.41) is 13.2. The van der Waals surface area contributed by atoms with E-state index in [1.54, 1.807) is 0 Å². The van der Waals surface area contributed by atoms with Crippen LogP contribution in [0.25, 0.3) is 21.9 Å². The average Bonchev–Trinajstić information content (AvgIpc) is 2.92. The molecule has 0 radical (unpaired) electrons. The van der Waals surface area contributed by atoms with Gasteiger partial charge in [-0.1, -0.05) is 32.0 Å². The molecule has 116 valence electrons. The monoisotopic (exact) mass is 297 g/mol. The summed E-state index contributed by atoms with van der Waals surface area (Å²) < 4.78 is 0. The highest BCUT2D eigenvalue weighted by molar-refractivity contribution is 6.07. The van der Waals surface area contributed by atoms with Crippen LogP contribution in [0.2, 0.25) is 0 Å². The second kappa shape index (κ2) is 6.32. The van der Waals surface area contributed by atoms with E-state index < -0.39 is 0 Å². The first kappa shape index (κ1) is 14.8. The van der Waals surface area contributed by atoms with Crippen LogP contribution in [-0.2, 0) is 0 Å². The van der Waals surface area contributed by atoms with E-state index in [1.165, 1.54) is 0 Å². The molecule has 0 aliphatic carbocycles. The molecule has 0 saturated heterocycles. The molecule has 0 aliphatic rings. The molecule has 5 nitrogen and oxygen atoms in total. The molecule has 0 aliphatic heterocycles. The van der Waals surface area contributed by atoms with Crippen LogP contribution in [0.3, 0.4) is 0 Å². The van der Waals surface area contributed by atoms with Crippen molar-refractivity contribution in [3.8, 4) is 0 Å². The Kier molecular flexibility index (Phi) is 4.24. The number of nitrogens with one attached hydrogen (secondary N) is 2. The molecular formula is C17H23N5. The number of likely N-dealkylation sites (N-methyl/N-ethyl adjacent to an activating group) is 1. The standard InChI is InChI=1S/C17H23N5/c1-4-22(5-2)11-10-18-16-13-8-6-7-9-14(13)19-17-15(16)12(3)20-21-17/h6-9H,4-5,10-11H2,1-3H3,(H2,18,19,20,21). The molecule has 3 rings (SSSR count). The molecule has 0 spiro atoms. The molecule has 0 bridgehead atoms. The van der Waals surface area contributed by atoms with Crippen LogP contribution in [0.1, 0.15) is 19.5 Å². The summed E-state index contributed by atoms with van der Waals surface area (Å²) in [7, 11) is 0. The number of fused-ring (bicyclic) bond motifs is 2. The van der Waals surface area contributed by atoms with Crippen molar-refractivity contribution in [3.05, 3.63) is 30.0 Å². The Morgan fingerprint density at radius 1 is 1.18 bits per heavy atom. The minimum Gasteiger partial charge on any atom is -0.383 e. The summed E-state index contributed by atoms with van der Waals surface area (Å²) in [6.45, 7) is 10.5. The topological polar surface area (TPSA) is 56.8 Å². The lowest BCUT2D eigenvalue weighted by molar-refractivity contribution is 0.316. The summed E-state index contributed by atoms with van der Waals surface area (Å²) in [4.78, 5) is 7.05. The number of aromatic nitrogens is 3. The average molecular weight is 297 g/mol. The van der Waals surface area contributed by atoms with Gasteiger partial charge in [-0.3, -0.25) is 5.10 Å². The van der Waals surface area contributed by atoms with E-state index in [9.17, 15) is 0 Å². The summed E-state index contributed by atoms with van der Waals surface area (Å²) in [6, 6.07) is 8.23. The predicted molar refractivity (Wildman–Crippen MR) is 92.4 cm³/mol. The zero-order valence-corrected chi connectivity index (χ0v) is 13.5. The third-order valence-electron chi connectivity index (χ3n) is 4.20. The number of hydrogen-bond donors (Lipinski definition) is 2. The Hall–Kier alpha value is -2.14. The second-order valence-corrected chi connectivity index (χ2v) is 5.50. The molecule has 22 heavy (non-hydrogen) atoms. The summed E-state index contributed by atoms with van der Waals surface area (Å²) in [5.41, 5.74) is 3.95. The SMILES string of the molecule is CCN(CC)CCNc1c2ccccc2nc2n[nH]c(C)c12. The van der Waals surface area contributed by atoms with Crippen LogP contribution in [0.5, 0.6) is 0 Å². The van der Waals surface area contributed by atoms with Gasteiger partial charge in [0.25, 0.3) is 0 Å². The largest absolute Gasteiger partial charge is 0.383 e. The van der Waals surface area contributed by atoms with Gasteiger partial charge in [0, 0.05) is 24.2 Å². The van der Waals surface area contributed by atoms with Crippen LogP contribution in [0, 0.1) is 6.92 Å². The van der Waals surface area contributed by atoms with E-state index in [4.69, 9.17) is 0 Å². The normalized spacial score (nSPS) is 11.6. The van der Waals surface area contributed by atoms with Crippen LogP contribution in [-0.4, -0.2) is 46.3 Å². The van der Waals surface area contributed by atoms with Gasteiger partial charge in [0.15, 0.2) is 5.65 Å². The summed E-state index contributed by atoms with van der Waals surface area (Å²) in [5.74, 6) is 0. The van der Waals surface area contributed by atoms with E-state index in [-0.39, 0.29) is 0 Å². The molecule has 0 unspecified atom stereocenters. The van der Waals surface area contributed by atoms with Gasteiger partial charge in [-0.05, 0) is 26.1 Å². The maximum atomic E-state index is 4.64. The lowest BCUT2D eigenvalue weighted by Crippen LogP contribution is -2.28. The van der Waals surface area contributed by atoms with E-state index >= 15 is 0 Å². The fourth-order valence-electron chi connectivity index (χ4n) is 2.89. The molecule has 0 fully saturated rings. The van der Waals surface area contributed by atoms with Crippen LogP contribution in [0.15, 0.2) is 24.3 Å². The van der Waals surface area contributed by atoms with Crippen LogP contribution >= 0.6 is 0 Å². The number of anilines is 1. The van der Waals surface area contributed by atoms with Gasteiger partial charge in [-0.15, -0.1) is 0 Å². The van der Waals surface area contributed by atoms with Gasteiger partial charge in [0.1, 0.15) is 0 Å². The van der Waals surface area contributed by atoms with Crippen LogP contribution in [0.4, 0.5) is 5.69 Å². The molecule has 2 aromatic heterocycles. The van der Waals surface area contributed by atoms with Gasteiger partial charge < -0.3 is 10.2 Å². The van der Waals surface area contributed by atoms with Crippen molar-refractivity contribution in [1.82, 2.24) is 20.1 Å². The van der Waals surface area contributed by atoms with Crippen molar-refractivity contribution < 1.29 is 0 Å². The molecular weight excluding hydrogens is 274 g/mol. The Morgan fingerprint density at radius 3 is 2.73 bits per heavy atom. The minimum absolute atomic E-state index is 0.779. The maximum absolute atomic E-state index is 4.64. The molecule has 2 heterocycles. The fourth-order valence-corrected chi connectivity index (χ4v) is 2.89. The Labute approximate surface area is 130 Å². The molecule has 1 aromatic carbocycles. The fraction of sp³-hybridized carbons (Fsp3) is 0.412. The minimum atomic E-state index is 0.779. The highest BCUT2D eigenvalue weighted by atomic mass is 15.2. The first-order valence-corrected chi connectivity index (χ1v) is 7.94. The van der Waals surface area contributed by atoms with Crippen molar-refractivity contribution in [2.45, 2.75) is 20.8 Å². The zero-order chi connectivity index (χ0) is 15.5. The third kappa shape index (κ3) is 2.64. The van der Waals surface area contributed by atoms with Gasteiger partial charge >= 0.3 is 0 Å². The number of benzene rings is 1. The maximum Gasteiger partial charge on any atom is 0.183 e. The lowest BCUT2D eigenvalue weighted by Gasteiger charge is -2.19. The summed E-state index contributed by atoms with van der Waals surface area (Å²) >= 11 is 0. The first-order valence-electron chi connectivity index (χ1n) is 7.94. The van der Waals surface area contributed by atoms with Crippen LogP contribution < -0.4 is 5.32 Å². The van der Waals surface area contributed by atoms with Crippen molar-refractivity contribution >= 4 is 27.6 Å². The third-order valence-corrected chi connectivity index (χ3v) is 4.20. The van der Waals surface area contributed by atoms with Crippen molar-refractivity contribution in [1.29, 1.82) is 0 Å². The highest BCUT2D eigenvalue weighted by Gasteiger charge is 2.13. The number of nitrogens with zero attached hydrogens (tertiary/aromatic N) is 3. The van der Waals surface area contributed by atoms with Crippen molar-refractivity contribution in [2.24, 2.45) is 0 Å². The van der Waals surface area contributed by atoms with Gasteiger partial charge in [0.05, 0.1) is 16.6 Å². The predicted octanol–water partition coefficient (Wildman–Crippen LogP) is 3.17. The van der Waals surface area contributed by atoms with E-state index in [0.29, 0.717) is 0 Å². The van der Waals surface area contributed by atoms with Crippen molar-refractivity contribution in [2.75, 3.05) is 31.5 Å². The number of pyridine rings is 1. The molecule has 0 saturated carbocycles. The lowest BCUT2D eigenvalue weighted by atomic mass is 10.1. The van der Waals surface area contributed by atoms with E-state index in [1.807, 2.05) is 19.1 Å². The van der Waals surface area contributed by atoms with Gasteiger partial charge in [-0.25, -0.2) is 4.98 Å². The van der Waals surface area contributed by atoms with E-state index in [0.717, 1.165) is 59.5 Å². The Balaban J connectivity index is 1.99. The molecule has 2 N–H and O–H groups in total. The Bertz CT molecular complexity index is 773. The second-order valence-electron chi connectivity index (χ2n) is 5.50. The van der Waals surface area contributed by atoms with E-state index in [2.05, 4.69) is 51.4 Å². The summed E-state index contributed by atoms with van der Waals surface area (Å²) in [6.07, 6.45) is 0. The number of hydrogen-bond acceptors (Lipinski definition) is 4. The number of aromatic amines is 1. The molecule has 0 amide bonds. The van der Waals surface area contributed by atoms with Crippen molar-refractivity contribution in [3.63, 3.8) is 0 Å². The number of para-hydroxylation sites is 1. The molecule has 5 heteroatoms. The number of H-pyrrole nitrogens is 1. The zero-order valence-electron chi connectivity index (χ0n) is 13.5. The molecule has 3 aromatic rings. The smallest absolute Gasteiger partial charge is 0.183 e. The number of rotatable bonds is 6. The Morgan fingerprint density at radius 2 is 1.95 bits per heavy atom. The molecule has 0 atom stereocenters. The quantitative estimate of drug-likeness (QED) is 0.734. The van der Waals surface area contributed by atoms with Gasteiger partial charge in [0.2, 0.25) is 0 Å². The first-order chi connectivity index (χ1) is 10.7. The highest BCUT2D eigenvalue weighted by Crippen LogP contribution is 2.31.